The van der Waals surface area contributed by atoms with E-state index in [9.17, 15) is 9.59 Å². The molecule has 0 spiro atoms. The summed E-state index contributed by atoms with van der Waals surface area (Å²) in [5.74, 6) is 0.0314. The third-order valence-corrected chi connectivity index (χ3v) is 2.73. The Labute approximate surface area is 86.7 Å². The van der Waals surface area contributed by atoms with Crippen molar-refractivity contribution in [3.8, 4) is 0 Å². The molecule has 0 bridgehead atoms. The van der Waals surface area contributed by atoms with Gasteiger partial charge >= 0.3 is 12.1 Å². The largest absolute Gasteiger partial charge is 0.381 e. The van der Waals surface area contributed by atoms with Gasteiger partial charge in [0.1, 0.15) is 6.17 Å². The van der Waals surface area contributed by atoms with E-state index in [2.05, 4.69) is 16.0 Å². The van der Waals surface area contributed by atoms with Gasteiger partial charge in [-0.3, -0.25) is 0 Å². The maximum atomic E-state index is 11.3. The molecular weight excluding hydrogens is 200 g/mol. The van der Waals surface area contributed by atoms with E-state index in [0.717, 1.165) is 6.42 Å². The van der Waals surface area contributed by atoms with Gasteiger partial charge in [-0.2, -0.15) is 0 Å². The quantitative estimate of drug-likeness (QED) is 0.436. The Kier molecular flexibility index (Phi) is 2.63. The average Bonchev–Trinajstić information content (AvgIpc) is 2.16. The Morgan fingerprint density at radius 3 is 3.07 bits per heavy atom. The van der Waals surface area contributed by atoms with Crippen LogP contribution in [0.3, 0.4) is 0 Å². The van der Waals surface area contributed by atoms with Gasteiger partial charge in [0, 0.05) is 18.6 Å². The van der Waals surface area contributed by atoms with Crippen LogP contribution in [0.2, 0.25) is 0 Å². The highest BCUT2D eigenvalue weighted by Gasteiger charge is 2.38. The Balaban J connectivity index is 2.06. The number of nitrogens with one attached hydrogen (secondary N) is 3. The molecule has 5 N–H and O–H groups in total. The van der Waals surface area contributed by atoms with Crippen LogP contribution in [0.1, 0.15) is 6.42 Å². The molecule has 3 atom stereocenters. The first-order valence-electron chi connectivity index (χ1n) is 4.87. The van der Waals surface area contributed by atoms with E-state index in [4.69, 9.17) is 10.5 Å². The maximum absolute atomic E-state index is 11.3. The number of ether oxygens (including phenoxy) is 1. The molecule has 0 aromatic rings. The first kappa shape index (κ1) is 10.0. The van der Waals surface area contributed by atoms with Gasteiger partial charge < -0.3 is 26.4 Å². The molecule has 2 saturated heterocycles. The molecule has 2 rings (SSSR count). The summed E-state index contributed by atoms with van der Waals surface area (Å²) < 4.78 is 5.30. The van der Waals surface area contributed by atoms with Crippen molar-refractivity contribution in [1.29, 1.82) is 0 Å². The molecule has 3 unspecified atom stereocenters. The lowest BCUT2D eigenvalue weighted by Gasteiger charge is -2.41. The molecule has 2 aliphatic rings. The molecule has 4 amide bonds. The molecule has 2 heterocycles. The van der Waals surface area contributed by atoms with E-state index in [1.54, 1.807) is 0 Å². The molecule has 84 valence electrons. The number of amides is 4. The molecule has 0 aliphatic carbocycles. The Hall–Kier alpha value is -1.50. The number of carbonyl (C=O) groups is 2. The fourth-order valence-corrected chi connectivity index (χ4v) is 2.02. The van der Waals surface area contributed by atoms with Crippen molar-refractivity contribution in [3.63, 3.8) is 0 Å². The topological polar surface area (TPSA) is 105 Å². The molecular formula is C8H14N4O3. The van der Waals surface area contributed by atoms with Gasteiger partial charge in [-0.1, -0.05) is 0 Å². The third-order valence-electron chi connectivity index (χ3n) is 2.73. The Morgan fingerprint density at radius 2 is 2.33 bits per heavy atom. The number of rotatable bonds is 1. The van der Waals surface area contributed by atoms with Crippen LogP contribution in [-0.2, 0) is 4.74 Å². The smallest absolute Gasteiger partial charge is 0.316 e. The third kappa shape index (κ3) is 2.12. The SMILES string of the molecule is NC(=O)NC1NC(=O)NC2CCOCC21. The molecule has 7 nitrogen and oxygen atoms in total. The van der Waals surface area contributed by atoms with E-state index >= 15 is 0 Å². The number of hydrogen-bond donors (Lipinski definition) is 4. The molecule has 0 aromatic carbocycles. The summed E-state index contributed by atoms with van der Waals surface area (Å²) in [6.45, 7) is 1.13. The fourth-order valence-electron chi connectivity index (χ4n) is 2.02. The van der Waals surface area contributed by atoms with Gasteiger partial charge in [0.25, 0.3) is 0 Å². The Morgan fingerprint density at radius 1 is 1.53 bits per heavy atom. The highest BCUT2D eigenvalue weighted by Crippen LogP contribution is 2.20. The molecule has 2 fully saturated rings. The van der Waals surface area contributed by atoms with Crippen molar-refractivity contribution in [3.05, 3.63) is 0 Å². The number of nitrogens with two attached hydrogens (primary N) is 1. The van der Waals surface area contributed by atoms with E-state index in [-0.39, 0.29) is 18.0 Å². The maximum Gasteiger partial charge on any atom is 0.316 e. The number of hydrogen-bond acceptors (Lipinski definition) is 3. The van der Waals surface area contributed by atoms with Crippen LogP contribution < -0.4 is 21.7 Å². The Bertz CT molecular complexity index is 281. The fraction of sp³-hybridized carbons (Fsp3) is 0.750. The van der Waals surface area contributed by atoms with Gasteiger partial charge in [0.05, 0.1) is 6.61 Å². The lowest BCUT2D eigenvalue weighted by molar-refractivity contribution is 0.00871. The number of carbonyl (C=O) groups excluding carboxylic acids is 2. The van der Waals surface area contributed by atoms with Crippen LogP contribution in [0.4, 0.5) is 9.59 Å². The van der Waals surface area contributed by atoms with Crippen LogP contribution in [0, 0.1) is 5.92 Å². The summed E-state index contributed by atoms with van der Waals surface area (Å²) in [4.78, 5) is 22.0. The zero-order valence-corrected chi connectivity index (χ0v) is 8.16. The second-order valence-corrected chi connectivity index (χ2v) is 3.74. The molecule has 15 heavy (non-hydrogen) atoms. The second kappa shape index (κ2) is 3.93. The van der Waals surface area contributed by atoms with Crippen LogP contribution in [0.25, 0.3) is 0 Å². The molecule has 0 radical (unpaired) electrons. The summed E-state index contributed by atoms with van der Waals surface area (Å²) in [5, 5.41) is 7.90. The van der Waals surface area contributed by atoms with Gasteiger partial charge in [-0.25, -0.2) is 9.59 Å². The first-order valence-corrected chi connectivity index (χ1v) is 4.87. The van der Waals surface area contributed by atoms with Gasteiger partial charge in [0.15, 0.2) is 0 Å². The van der Waals surface area contributed by atoms with E-state index in [0.29, 0.717) is 13.2 Å². The summed E-state index contributed by atoms with van der Waals surface area (Å²) >= 11 is 0. The summed E-state index contributed by atoms with van der Waals surface area (Å²) in [5.41, 5.74) is 5.03. The zero-order valence-electron chi connectivity index (χ0n) is 8.16. The van der Waals surface area contributed by atoms with Crippen LogP contribution in [0.15, 0.2) is 0 Å². The van der Waals surface area contributed by atoms with Crippen molar-refractivity contribution in [1.82, 2.24) is 16.0 Å². The predicted octanol–water partition coefficient (Wildman–Crippen LogP) is -1.30. The van der Waals surface area contributed by atoms with Gasteiger partial charge in [0.2, 0.25) is 0 Å². The minimum atomic E-state index is -0.647. The highest BCUT2D eigenvalue weighted by molar-refractivity contribution is 5.77. The van der Waals surface area contributed by atoms with Gasteiger partial charge in [-0.15, -0.1) is 0 Å². The number of urea groups is 2. The van der Waals surface area contributed by atoms with Crippen molar-refractivity contribution >= 4 is 12.1 Å². The predicted molar refractivity (Wildman–Crippen MR) is 50.9 cm³/mol. The van der Waals surface area contributed by atoms with E-state index < -0.39 is 12.2 Å². The minimum absolute atomic E-state index is 0.0314. The first-order chi connectivity index (χ1) is 7.16. The van der Waals surface area contributed by atoms with Crippen molar-refractivity contribution in [2.24, 2.45) is 11.7 Å². The summed E-state index contributed by atoms with van der Waals surface area (Å²) in [6.07, 6.45) is 0.316. The summed E-state index contributed by atoms with van der Waals surface area (Å²) in [6, 6.07) is -0.882. The molecule has 2 aliphatic heterocycles. The zero-order chi connectivity index (χ0) is 10.8. The van der Waals surface area contributed by atoms with Crippen molar-refractivity contribution < 1.29 is 14.3 Å². The number of primary amides is 1. The standard InChI is InChI=1S/C8H14N4O3/c9-7(13)11-6-4-3-15-2-1-5(4)10-8(14)12-6/h4-6H,1-3H2,(H3,9,11,13)(H2,10,12,14). The van der Waals surface area contributed by atoms with Crippen LogP contribution >= 0.6 is 0 Å². The average molecular weight is 214 g/mol. The lowest BCUT2D eigenvalue weighted by atomic mass is 9.91. The summed E-state index contributed by atoms with van der Waals surface area (Å²) in [7, 11) is 0. The molecule has 0 saturated carbocycles. The van der Waals surface area contributed by atoms with Crippen molar-refractivity contribution in [2.75, 3.05) is 13.2 Å². The molecule has 7 heteroatoms. The minimum Gasteiger partial charge on any atom is -0.381 e. The van der Waals surface area contributed by atoms with E-state index in [1.165, 1.54) is 0 Å². The monoisotopic (exact) mass is 214 g/mol. The van der Waals surface area contributed by atoms with Crippen LogP contribution in [-0.4, -0.2) is 37.5 Å². The highest BCUT2D eigenvalue weighted by atomic mass is 16.5. The number of fused-ring (bicyclic) bond motifs is 1. The second-order valence-electron chi connectivity index (χ2n) is 3.74. The lowest BCUT2D eigenvalue weighted by Crippen LogP contribution is -2.68. The van der Waals surface area contributed by atoms with E-state index in [1.807, 2.05) is 0 Å². The van der Waals surface area contributed by atoms with Crippen LogP contribution in [0.5, 0.6) is 0 Å². The van der Waals surface area contributed by atoms with Gasteiger partial charge in [-0.05, 0) is 6.42 Å². The normalized spacial score (nSPS) is 34.7. The molecule has 0 aromatic heterocycles. The van der Waals surface area contributed by atoms with Crippen molar-refractivity contribution in [2.45, 2.75) is 18.6 Å².